The van der Waals surface area contributed by atoms with Crippen LogP contribution in [0.25, 0.3) is 0 Å². The second-order valence-electron chi connectivity index (χ2n) is 8.03. The van der Waals surface area contributed by atoms with Gasteiger partial charge in [0.2, 0.25) is 0 Å². The summed E-state index contributed by atoms with van der Waals surface area (Å²) in [6, 6.07) is 8.81. The first-order valence-corrected chi connectivity index (χ1v) is 9.15. The van der Waals surface area contributed by atoms with E-state index in [1.165, 1.54) is 31.2 Å². The van der Waals surface area contributed by atoms with E-state index in [0.29, 0.717) is 11.5 Å². The van der Waals surface area contributed by atoms with Crippen LogP contribution in [-0.4, -0.2) is 29.9 Å². The lowest BCUT2D eigenvalue weighted by Gasteiger charge is -2.35. The van der Waals surface area contributed by atoms with Crippen LogP contribution in [0.1, 0.15) is 68.3 Å². The van der Waals surface area contributed by atoms with Crippen molar-refractivity contribution < 1.29 is 4.79 Å². The molecule has 1 aromatic carbocycles. The molecule has 1 unspecified atom stereocenters. The van der Waals surface area contributed by atoms with Crippen LogP contribution < -0.4 is 5.32 Å². The summed E-state index contributed by atoms with van der Waals surface area (Å²) in [6.45, 7) is 7.48. The van der Waals surface area contributed by atoms with Gasteiger partial charge in [-0.15, -0.1) is 0 Å². The molecule has 1 N–H and O–H groups in total. The van der Waals surface area contributed by atoms with Crippen molar-refractivity contribution in [1.82, 2.24) is 10.2 Å². The summed E-state index contributed by atoms with van der Waals surface area (Å²) in [7, 11) is 0. The van der Waals surface area contributed by atoms with E-state index in [2.05, 4.69) is 31.3 Å². The fraction of sp³-hybridized carbons (Fsp3) is 0.650. The Labute approximate surface area is 140 Å². The summed E-state index contributed by atoms with van der Waals surface area (Å²) >= 11 is 0. The molecule has 3 nitrogen and oxygen atoms in total. The summed E-state index contributed by atoms with van der Waals surface area (Å²) < 4.78 is 0. The van der Waals surface area contributed by atoms with Crippen molar-refractivity contribution >= 4 is 5.91 Å². The van der Waals surface area contributed by atoms with Gasteiger partial charge in [0.15, 0.2) is 0 Å². The minimum Gasteiger partial charge on any atom is -0.339 e. The summed E-state index contributed by atoms with van der Waals surface area (Å²) in [6.07, 6.45) is 7.51. The summed E-state index contributed by atoms with van der Waals surface area (Å²) in [5.74, 6) is 0.191. The lowest BCUT2D eigenvalue weighted by molar-refractivity contribution is 0.0793. The molecule has 1 amide bonds. The number of carbonyl (C=O) groups excluding carboxylic acids is 1. The second-order valence-corrected chi connectivity index (χ2v) is 8.03. The summed E-state index contributed by atoms with van der Waals surface area (Å²) in [5, 5.41) is 3.70. The van der Waals surface area contributed by atoms with Crippen LogP contribution in [0.5, 0.6) is 0 Å². The Morgan fingerprint density at radius 2 is 1.87 bits per heavy atom. The van der Waals surface area contributed by atoms with Gasteiger partial charge < -0.3 is 10.2 Å². The first-order chi connectivity index (χ1) is 11.0. The van der Waals surface area contributed by atoms with Crippen molar-refractivity contribution in [1.29, 1.82) is 0 Å². The van der Waals surface area contributed by atoms with E-state index in [0.717, 1.165) is 38.0 Å². The molecule has 0 bridgehead atoms. The number of carbonyl (C=O) groups is 1. The molecule has 126 valence electrons. The van der Waals surface area contributed by atoms with Crippen molar-refractivity contribution in [3.63, 3.8) is 0 Å². The smallest absolute Gasteiger partial charge is 0.253 e. The Hall–Kier alpha value is -1.35. The summed E-state index contributed by atoms with van der Waals surface area (Å²) in [5.41, 5.74) is 2.57. The number of rotatable bonds is 4. The van der Waals surface area contributed by atoms with Crippen LogP contribution in [-0.2, 0) is 6.54 Å². The fourth-order valence-electron chi connectivity index (χ4n) is 4.00. The monoisotopic (exact) mass is 314 g/mol. The van der Waals surface area contributed by atoms with E-state index in [9.17, 15) is 4.79 Å². The van der Waals surface area contributed by atoms with Gasteiger partial charge in [0, 0.05) is 31.2 Å². The van der Waals surface area contributed by atoms with E-state index in [-0.39, 0.29) is 5.91 Å². The molecule has 3 rings (SSSR count). The normalized spacial score (nSPS) is 23.9. The highest BCUT2D eigenvalue weighted by molar-refractivity contribution is 5.94. The minimum absolute atomic E-state index is 0.191. The van der Waals surface area contributed by atoms with Gasteiger partial charge in [0.05, 0.1) is 0 Å². The van der Waals surface area contributed by atoms with E-state index >= 15 is 0 Å². The molecule has 1 heterocycles. The average molecular weight is 314 g/mol. The first kappa shape index (κ1) is 16.5. The van der Waals surface area contributed by atoms with Gasteiger partial charge >= 0.3 is 0 Å². The van der Waals surface area contributed by atoms with Crippen LogP contribution in [0.4, 0.5) is 0 Å². The number of amides is 1. The molecular formula is C20H30N2O. The highest BCUT2D eigenvalue weighted by Crippen LogP contribution is 2.35. The van der Waals surface area contributed by atoms with Gasteiger partial charge in [-0.05, 0) is 55.2 Å². The number of nitrogens with one attached hydrogen (secondary N) is 1. The maximum atomic E-state index is 12.3. The number of nitrogens with zero attached hydrogens (tertiary/aromatic N) is 1. The van der Waals surface area contributed by atoms with E-state index < -0.39 is 0 Å². The van der Waals surface area contributed by atoms with Crippen molar-refractivity contribution in [2.75, 3.05) is 13.1 Å². The molecule has 0 spiro atoms. The van der Waals surface area contributed by atoms with Crippen LogP contribution in [0, 0.1) is 5.41 Å². The SMILES string of the molecule is CC1(C)CCCC(NCc2ccc(C(=O)N3CCCC3)cc2)C1. The largest absolute Gasteiger partial charge is 0.339 e. The standard InChI is InChI=1S/C20H30N2O/c1-20(2)11-5-6-18(14-20)21-15-16-7-9-17(10-8-16)19(23)22-12-3-4-13-22/h7-10,18,21H,3-6,11-15H2,1-2H3. The molecule has 0 aromatic heterocycles. The molecule has 1 atom stereocenters. The third kappa shape index (κ3) is 4.35. The molecule has 0 radical (unpaired) electrons. The highest BCUT2D eigenvalue weighted by atomic mass is 16.2. The molecule has 1 aromatic rings. The zero-order valence-electron chi connectivity index (χ0n) is 14.6. The lowest BCUT2D eigenvalue weighted by Crippen LogP contribution is -2.36. The molecule has 3 heteroatoms. The minimum atomic E-state index is 0.191. The first-order valence-electron chi connectivity index (χ1n) is 9.15. The van der Waals surface area contributed by atoms with E-state index in [1.807, 2.05) is 17.0 Å². The maximum Gasteiger partial charge on any atom is 0.253 e. The zero-order valence-corrected chi connectivity index (χ0v) is 14.6. The number of benzene rings is 1. The predicted octanol–water partition coefficient (Wildman–Crippen LogP) is 3.98. The Morgan fingerprint density at radius 3 is 2.52 bits per heavy atom. The summed E-state index contributed by atoms with van der Waals surface area (Å²) in [4.78, 5) is 14.3. The third-order valence-electron chi connectivity index (χ3n) is 5.39. The topological polar surface area (TPSA) is 32.3 Å². The van der Waals surface area contributed by atoms with Crippen molar-refractivity contribution in [2.24, 2.45) is 5.41 Å². The Kier molecular flexibility index (Phi) is 5.05. The molecule has 1 saturated heterocycles. The molecule has 2 aliphatic rings. The number of hydrogen-bond acceptors (Lipinski definition) is 2. The molecule has 2 fully saturated rings. The lowest BCUT2D eigenvalue weighted by atomic mass is 9.75. The number of hydrogen-bond donors (Lipinski definition) is 1. The molecule has 1 aliphatic carbocycles. The number of likely N-dealkylation sites (tertiary alicyclic amines) is 1. The maximum absolute atomic E-state index is 12.3. The Balaban J connectivity index is 1.52. The zero-order chi connectivity index (χ0) is 16.3. The molecule has 1 aliphatic heterocycles. The van der Waals surface area contributed by atoms with Gasteiger partial charge in [0.25, 0.3) is 5.91 Å². The van der Waals surface area contributed by atoms with E-state index in [4.69, 9.17) is 0 Å². The molecular weight excluding hydrogens is 284 g/mol. The molecule has 23 heavy (non-hydrogen) atoms. The van der Waals surface area contributed by atoms with Crippen molar-refractivity contribution in [3.8, 4) is 0 Å². The van der Waals surface area contributed by atoms with Crippen LogP contribution in [0.3, 0.4) is 0 Å². The van der Waals surface area contributed by atoms with Crippen LogP contribution >= 0.6 is 0 Å². The van der Waals surface area contributed by atoms with Crippen molar-refractivity contribution in [2.45, 2.75) is 65.0 Å². The Bertz CT molecular complexity index is 529. The second kappa shape index (κ2) is 7.04. The predicted molar refractivity (Wildman–Crippen MR) is 94.5 cm³/mol. The van der Waals surface area contributed by atoms with Crippen molar-refractivity contribution in [3.05, 3.63) is 35.4 Å². The fourth-order valence-corrected chi connectivity index (χ4v) is 4.00. The van der Waals surface area contributed by atoms with Gasteiger partial charge in [-0.25, -0.2) is 0 Å². The Morgan fingerprint density at radius 1 is 1.17 bits per heavy atom. The third-order valence-corrected chi connectivity index (χ3v) is 5.39. The average Bonchev–Trinajstić information content (AvgIpc) is 3.06. The highest BCUT2D eigenvalue weighted by Gasteiger charge is 2.27. The van der Waals surface area contributed by atoms with Crippen LogP contribution in [0.15, 0.2) is 24.3 Å². The van der Waals surface area contributed by atoms with Gasteiger partial charge in [-0.2, -0.15) is 0 Å². The molecule has 1 saturated carbocycles. The van der Waals surface area contributed by atoms with Gasteiger partial charge in [0.1, 0.15) is 0 Å². The van der Waals surface area contributed by atoms with Gasteiger partial charge in [-0.1, -0.05) is 32.4 Å². The quantitative estimate of drug-likeness (QED) is 0.911. The van der Waals surface area contributed by atoms with E-state index in [1.54, 1.807) is 0 Å². The van der Waals surface area contributed by atoms with Crippen LogP contribution in [0.2, 0.25) is 0 Å². The van der Waals surface area contributed by atoms with Gasteiger partial charge in [-0.3, -0.25) is 4.79 Å².